The topological polar surface area (TPSA) is 36.7 Å². The van der Waals surface area contributed by atoms with Crippen molar-refractivity contribution in [2.24, 2.45) is 0 Å². The summed E-state index contributed by atoms with van der Waals surface area (Å²) < 4.78 is 3.88. The second kappa shape index (κ2) is 2.55. The van der Waals surface area contributed by atoms with E-state index in [2.05, 4.69) is 11.0 Å². The van der Waals surface area contributed by atoms with Crippen LogP contribution in [0.15, 0.2) is 12.8 Å². The molecular weight excluding hydrogens is 132 g/mol. The van der Waals surface area contributed by atoms with Gasteiger partial charge in [0.1, 0.15) is 0 Å². The molecule has 1 aromatic heterocycles. The molecule has 0 atom stereocenters. The molecule has 1 rings (SSSR count). The van der Waals surface area contributed by atoms with E-state index in [1.54, 1.807) is 12.3 Å². The van der Waals surface area contributed by atoms with Crippen LogP contribution in [0.2, 0.25) is 0 Å². The van der Waals surface area contributed by atoms with Crippen molar-refractivity contribution in [1.82, 2.24) is 4.37 Å². The van der Waals surface area contributed by atoms with E-state index < -0.39 is 0 Å². The van der Waals surface area contributed by atoms with Gasteiger partial charge >= 0.3 is 0 Å². The molecule has 0 saturated heterocycles. The summed E-state index contributed by atoms with van der Waals surface area (Å²) in [7, 11) is 0. The molecule has 0 spiro atoms. The number of rotatable bonds is 2. The predicted molar refractivity (Wildman–Crippen MR) is 40.1 cm³/mol. The molecule has 46 valence electrons. The van der Waals surface area contributed by atoms with E-state index in [9.17, 15) is 0 Å². The normalized spacial score (nSPS) is 8.89. The van der Waals surface area contributed by atoms with Gasteiger partial charge in [-0.15, -0.1) is 0 Å². The number of nitrogens with one attached hydrogen (secondary N) is 1. The van der Waals surface area contributed by atoms with E-state index in [1.165, 1.54) is 17.7 Å². The van der Waals surface area contributed by atoms with Gasteiger partial charge in [0.2, 0.25) is 0 Å². The van der Waals surface area contributed by atoms with Gasteiger partial charge in [0.05, 0.1) is 4.88 Å². The van der Waals surface area contributed by atoms with Crippen LogP contribution < -0.4 is 0 Å². The monoisotopic (exact) mass is 138 g/mol. The summed E-state index contributed by atoms with van der Waals surface area (Å²) in [5, 5.41) is 6.90. The molecule has 0 fully saturated rings. The van der Waals surface area contributed by atoms with Crippen molar-refractivity contribution in [3.63, 3.8) is 0 Å². The highest BCUT2D eigenvalue weighted by atomic mass is 32.1. The molecule has 0 radical (unpaired) electrons. The first-order valence-corrected chi connectivity index (χ1v) is 3.23. The van der Waals surface area contributed by atoms with E-state index in [-0.39, 0.29) is 0 Å². The van der Waals surface area contributed by atoms with Crippen molar-refractivity contribution < 1.29 is 0 Å². The Morgan fingerprint density at radius 1 is 1.78 bits per heavy atom. The average molecular weight is 138 g/mol. The van der Waals surface area contributed by atoms with Gasteiger partial charge in [0.15, 0.2) is 0 Å². The quantitative estimate of drug-likeness (QED) is 0.621. The largest absolute Gasteiger partial charge is 0.307 e. The van der Waals surface area contributed by atoms with Crippen molar-refractivity contribution >= 4 is 23.8 Å². The minimum Gasteiger partial charge on any atom is -0.307 e. The molecule has 1 aromatic rings. The second-order valence-corrected chi connectivity index (χ2v) is 2.33. The minimum absolute atomic E-state index is 0.866. The predicted octanol–water partition coefficient (Wildman–Crippen LogP) is 1.78. The molecule has 3 heteroatoms. The Kier molecular flexibility index (Phi) is 1.75. The molecule has 1 N–H and O–H groups in total. The Bertz CT molecular complexity index is 204. The van der Waals surface area contributed by atoms with Crippen LogP contribution in [0.25, 0.3) is 6.08 Å². The standard InChI is InChI=1S/C6H6N2S/c1-2-5-4-8-9-6(5)3-7/h2-4,7H,1H2. The van der Waals surface area contributed by atoms with Crippen molar-refractivity contribution in [2.75, 3.05) is 0 Å². The highest BCUT2D eigenvalue weighted by Gasteiger charge is 1.95. The van der Waals surface area contributed by atoms with Crippen LogP contribution in [0, 0.1) is 5.41 Å². The zero-order chi connectivity index (χ0) is 6.69. The minimum atomic E-state index is 0.866. The number of hydrogen-bond donors (Lipinski definition) is 1. The fourth-order valence-electron chi connectivity index (χ4n) is 0.519. The SMILES string of the molecule is C=Cc1cnsc1C=N. The molecule has 1 heterocycles. The van der Waals surface area contributed by atoms with Crippen LogP contribution >= 0.6 is 11.5 Å². The summed E-state index contributed by atoms with van der Waals surface area (Å²) in [5.74, 6) is 0. The van der Waals surface area contributed by atoms with E-state index in [4.69, 9.17) is 5.41 Å². The highest BCUT2D eigenvalue weighted by molar-refractivity contribution is 7.07. The van der Waals surface area contributed by atoms with Crippen molar-refractivity contribution in [1.29, 1.82) is 5.41 Å². The zero-order valence-corrected chi connectivity index (χ0v) is 5.61. The summed E-state index contributed by atoms with van der Waals surface area (Å²) in [5.41, 5.74) is 0.940. The lowest BCUT2D eigenvalue weighted by atomic mass is 10.3. The molecule has 0 aromatic carbocycles. The molecule has 0 aliphatic rings. The molecule has 0 aliphatic heterocycles. The van der Waals surface area contributed by atoms with Gasteiger partial charge in [0, 0.05) is 18.0 Å². The van der Waals surface area contributed by atoms with Crippen LogP contribution in [0.4, 0.5) is 0 Å². The fraction of sp³-hybridized carbons (Fsp3) is 0. The fourth-order valence-corrected chi connectivity index (χ4v) is 1.09. The molecule has 9 heavy (non-hydrogen) atoms. The average Bonchev–Trinajstić information content (AvgIpc) is 2.33. The molecular formula is C6H6N2S. The molecule has 2 nitrogen and oxygen atoms in total. The van der Waals surface area contributed by atoms with Crippen molar-refractivity contribution in [2.45, 2.75) is 0 Å². The Labute approximate surface area is 57.5 Å². The Hall–Kier alpha value is -0.960. The summed E-state index contributed by atoms with van der Waals surface area (Å²) in [6.45, 7) is 3.58. The van der Waals surface area contributed by atoms with Gasteiger partial charge in [-0.2, -0.15) is 4.37 Å². The lowest BCUT2D eigenvalue weighted by molar-refractivity contribution is 1.55. The van der Waals surface area contributed by atoms with Crippen LogP contribution in [-0.2, 0) is 0 Å². The summed E-state index contributed by atoms with van der Waals surface area (Å²) in [4.78, 5) is 0.866. The van der Waals surface area contributed by atoms with Crippen LogP contribution in [0.5, 0.6) is 0 Å². The van der Waals surface area contributed by atoms with Crippen molar-refractivity contribution in [3.05, 3.63) is 23.2 Å². The van der Waals surface area contributed by atoms with Gasteiger partial charge in [-0.25, -0.2) is 0 Å². The van der Waals surface area contributed by atoms with Crippen LogP contribution in [0.1, 0.15) is 10.4 Å². The van der Waals surface area contributed by atoms with Gasteiger partial charge in [-0.1, -0.05) is 12.7 Å². The third kappa shape index (κ3) is 1.05. The maximum absolute atomic E-state index is 6.90. The van der Waals surface area contributed by atoms with E-state index >= 15 is 0 Å². The summed E-state index contributed by atoms with van der Waals surface area (Å²) in [6.07, 6.45) is 4.69. The van der Waals surface area contributed by atoms with Crippen LogP contribution in [-0.4, -0.2) is 10.6 Å². The number of hydrogen-bond acceptors (Lipinski definition) is 3. The smallest absolute Gasteiger partial charge is 0.0725 e. The highest BCUT2D eigenvalue weighted by Crippen LogP contribution is 2.10. The van der Waals surface area contributed by atoms with Gasteiger partial charge in [-0.05, 0) is 11.5 Å². The zero-order valence-electron chi connectivity index (χ0n) is 4.79. The molecule has 0 bridgehead atoms. The third-order valence-corrected chi connectivity index (χ3v) is 1.74. The molecule has 0 unspecified atom stereocenters. The molecule has 0 aliphatic carbocycles. The first kappa shape index (κ1) is 6.16. The second-order valence-electron chi connectivity index (χ2n) is 1.49. The van der Waals surface area contributed by atoms with E-state index in [1.807, 2.05) is 0 Å². The third-order valence-electron chi connectivity index (χ3n) is 0.978. The van der Waals surface area contributed by atoms with Gasteiger partial charge < -0.3 is 5.41 Å². The lowest BCUT2D eigenvalue weighted by Crippen LogP contribution is -1.72. The Morgan fingerprint density at radius 3 is 3.00 bits per heavy atom. The first-order chi connectivity index (χ1) is 4.38. The van der Waals surface area contributed by atoms with Gasteiger partial charge in [0.25, 0.3) is 0 Å². The molecule has 0 saturated carbocycles. The Morgan fingerprint density at radius 2 is 2.56 bits per heavy atom. The van der Waals surface area contributed by atoms with Gasteiger partial charge in [-0.3, -0.25) is 0 Å². The first-order valence-electron chi connectivity index (χ1n) is 2.46. The summed E-state index contributed by atoms with van der Waals surface area (Å²) >= 11 is 1.31. The van der Waals surface area contributed by atoms with E-state index in [0.717, 1.165) is 10.4 Å². The number of aromatic nitrogens is 1. The molecule has 0 amide bonds. The lowest BCUT2D eigenvalue weighted by Gasteiger charge is -1.81. The Balaban J connectivity index is 3.12. The maximum Gasteiger partial charge on any atom is 0.0725 e. The maximum atomic E-state index is 6.90. The number of nitrogens with zero attached hydrogens (tertiary/aromatic N) is 1. The summed E-state index contributed by atoms with van der Waals surface area (Å²) in [6, 6.07) is 0. The van der Waals surface area contributed by atoms with Crippen LogP contribution in [0.3, 0.4) is 0 Å². The van der Waals surface area contributed by atoms with Crippen molar-refractivity contribution in [3.8, 4) is 0 Å². The van der Waals surface area contributed by atoms with E-state index in [0.29, 0.717) is 0 Å².